The summed E-state index contributed by atoms with van der Waals surface area (Å²) >= 11 is 0. The first-order valence-corrected chi connectivity index (χ1v) is 7.76. The number of nitrogens with zero attached hydrogens (tertiary/aromatic N) is 4. The fraction of sp³-hybridized carbons (Fsp3) is 0.438. The van der Waals surface area contributed by atoms with Crippen LogP contribution in [0.2, 0.25) is 0 Å². The Labute approximate surface area is 128 Å². The lowest BCUT2D eigenvalue weighted by molar-refractivity contribution is 0.443. The molecule has 6 nitrogen and oxygen atoms in total. The van der Waals surface area contributed by atoms with Gasteiger partial charge in [0.15, 0.2) is 0 Å². The summed E-state index contributed by atoms with van der Waals surface area (Å²) in [6.45, 7) is 4.58. The van der Waals surface area contributed by atoms with Crippen molar-refractivity contribution >= 4 is 11.1 Å². The Hall–Kier alpha value is -2.21. The van der Waals surface area contributed by atoms with Crippen LogP contribution >= 0.6 is 0 Å². The number of aryl methyl sites for hydroxylation is 3. The summed E-state index contributed by atoms with van der Waals surface area (Å²) in [4.78, 5) is 8.99. The molecular weight excluding hydrogens is 278 g/mol. The maximum Gasteiger partial charge on any atom is 0.257 e. The zero-order valence-electron chi connectivity index (χ0n) is 12.7. The summed E-state index contributed by atoms with van der Waals surface area (Å²) in [7, 11) is 0. The second-order valence-corrected chi connectivity index (χ2v) is 5.87. The highest BCUT2D eigenvalue weighted by Gasteiger charge is 2.12. The number of nitrogens with one attached hydrogen (secondary N) is 1. The molecule has 1 N–H and O–H groups in total. The van der Waals surface area contributed by atoms with E-state index in [2.05, 4.69) is 32.3 Å². The summed E-state index contributed by atoms with van der Waals surface area (Å²) in [5, 5.41) is 8.35. The molecular formula is C16H19N5O. The van der Waals surface area contributed by atoms with Crippen molar-refractivity contribution in [2.24, 2.45) is 0 Å². The van der Waals surface area contributed by atoms with Gasteiger partial charge >= 0.3 is 0 Å². The molecule has 0 aromatic carbocycles. The monoisotopic (exact) mass is 297 g/mol. The van der Waals surface area contributed by atoms with Gasteiger partial charge in [0.2, 0.25) is 0 Å². The van der Waals surface area contributed by atoms with E-state index in [1.165, 1.54) is 18.7 Å². The van der Waals surface area contributed by atoms with Crippen molar-refractivity contribution in [2.75, 3.05) is 0 Å². The van der Waals surface area contributed by atoms with Crippen molar-refractivity contribution in [1.82, 2.24) is 25.0 Å². The Balaban J connectivity index is 1.41. The number of hydrogen-bond donors (Lipinski definition) is 1. The van der Waals surface area contributed by atoms with E-state index in [1.807, 2.05) is 13.1 Å². The van der Waals surface area contributed by atoms with E-state index >= 15 is 0 Å². The van der Waals surface area contributed by atoms with Crippen LogP contribution in [0.25, 0.3) is 11.1 Å². The maximum absolute atomic E-state index is 5.13. The Morgan fingerprint density at radius 1 is 1.32 bits per heavy atom. The van der Waals surface area contributed by atoms with Crippen molar-refractivity contribution in [2.45, 2.75) is 45.8 Å². The minimum atomic E-state index is 0.600. The number of rotatable bonds is 4. The Morgan fingerprint density at radius 2 is 2.27 bits per heavy atom. The van der Waals surface area contributed by atoms with Gasteiger partial charge in [-0.2, -0.15) is 0 Å². The molecule has 0 saturated carbocycles. The molecule has 0 amide bonds. The smallest absolute Gasteiger partial charge is 0.257 e. The molecule has 22 heavy (non-hydrogen) atoms. The topological polar surface area (TPSA) is 68.8 Å². The number of fused-ring (bicyclic) bond motifs is 2. The zero-order chi connectivity index (χ0) is 14.9. The summed E-state index contributed by atoms with van der Waals surface area (Å²) in [6, 6.07) is 2.08. The van der Waals surface area contributed by atoms with E-state index in [0.29, 0.717) is 5.71 Å². The molecule has 0 atom stereocenters. The molecule has 0 radical (unpaired) electrons. The molecule has 1 aliphatic rings. The second-order valence-electron chi connectivity index (χ2n) is 5.87. The van der Waals surface area contributed by atoms with Gasteiger partial charge in [0.25, 0.3) is 5.71 Å². The standard InChI is InChI=1S/C16H19N5O/c1-11-14-6-12(8-18-16(14)22-20-11)7-17-9-13-10-21-5-3-2-4-15(21)19-13/h6,8,10,17H,2-5,7,9H2,1H3. The van der Waals surface area contributed by atoms with E-state index in [0.717, 1.165) is 48.4 Å². The van der Waals surface area contributed by atoms with Gasteiger partial charge in [-0.1, -0.05) is 5.16 Å². The molecule has 0 unspecified atom stereocenters. The van der Waals surface area contributed by atoms with Crippen LogP contribution in [0.5, 0.6) is 0 Å². The van der Waals surface area contributed by atoms with E-state index in [4.69, 9.17) is 9.51 Å². The van der Waals surface area contributed by atoms with Crippen molar-refractivity contribution in [3.05, 3.63) is 41.2 Å². The van der Waals surface area contributed by atoms with E-state index in [-0.39, 0.29) is 0 Å². The quantitative estimate of drug-likeness (QED) is 0.800. The normalized spacial score (nSPS) is 14.4. The SMILES string of the molecule is Cc1noc2ncc(CNCc3cn4c(n3)CCCC4)cc12. The highest BCUT2D eigenvalue weighted by atomic mass is 16.5. The van der Waals surface area contributed by atoms with Crippen LogP contribution in [0.4, 0.5) is 0 Å². The van der Waals surface area contributed by atoms with E-state index in [9.17, 15) is 0 Å². The van der Waals surface area contributed by atoms with E-state index < -0.39 is 0 Å². The molecule has 3 aromatic rings. The third-order valence-corrected chi connectivity index (χ3v) is 4.16. The number of pyridine rings is 1. The first-order valence-electron chi connectivity index (χ1n) is 7.76. The summed E-state index contributed by atoms with van der Waals surface area (Å²) in [5.41, 5.74) is 3.73. The summed E-state index contributed by atoms with van der Waals surface area (Å²) in [5.74, 6) is 1.23. The number of aromatic nitrogens is 4. The molecule has 1 aliphatic heterocycles. The molecule has 4 rings (SSSR count). The minimum Gasteiger partial charge on any atom is -0.336 e. The van der Waals surface area contributed by atoms with Crippen LogP contribution in [0.3, 0.4) is 0 Å². The Bertz CT molecular complexity index is 781. The third-order valence-electron chi connectivity index (χ3n) is 4.16. The van der Waals surface area contributed by atoms with Crippen LogP contribution in [-0.2, 0) is 26.1 Å². The van der Waals surface area contributed by atoms with Crippen LogP contribution in [0.15, 0.2) is 23.0 Å². The van der Waals surface area contributed by atoms with Crippen molar-refractivity contribution in [3.63, 3.8) is 0 Å². The maximum atomic E-state index is 5.13. The lowest BCUT2D eigenvalue weighted by Gasteiger charge is -2.11. The molecule has 0 spiro atoms. The van der Waals surface area contributed by atoms with Crippen molar-refractivity contribution in [1.29, 1.82) is 0 Å². The van der Waals surface area contributed by atoms with Gasteiger partial charge in [-0.15, -0.1) is 0 Å². The number of imidazole rings is 1. The average molecular weight is 297 g/mol. The van der Waals surface area contributed by atoms with Gasteiger partial charge in [0.1, 0.15) is 5.82 Å². The first kappa shape index (κ1) is 13.5. The minimum absolute atomic E-state index is 0.600. The molecule has 4 heterocycles. The molecule has 3 aromatic heterocycles. The summed E-state index contributed by atoms with van der Waals surface area (Å²) in [6.07, 6.45) is 7.63. The second kappa shape index (κ2) is 5.53. The lowest BCUT2D eigenvalue weighted by atomic mass is 10.2. The van der Waals surface area contributed by atoms with Crippen molar-refractivity contribution in [3.8, 4) is 0 Å². The molecule has 114 valence electrons. The number of hydrogen-bond acceptors (Lipinski definition) is 5. The van der Waals surface area contributed by atoms with Gasteiger partial charge < -0.3 is 14.4 Å². The van der Waals surface area contributed by atoms with E-state index in [1.54, 1.807) is 0 Å². The largest absolute Gasteiger partial charge is 0.336 e. The van der Waals surface area contributed by atoms with Gasteiger partial charge in [0, 0.05) is 38.4 Å². The highest BCUT2D eigenvalue weighted by molar-refractivity contribution is 5.75. The highest BCUT2D eigenvalue weighted by Crippen LogP contribution is 2.17. The fourth-order valence-electron chi connectivity index (χ4n) is 2.98. The lowest BCUT2D eigenvalue weighted by Crippen LogP contribution is -2.13. The van der Waals surface area contributed by atoms with Crippen LogP contribution in [-0.4, -0.2) is 19.7 Å². The fourth-order valence-corrected chi connectivity index (χ4v) is 2.98. The molecule has 0 fully saturated rings. The van der Waals surface area contributed by atoms with Crippen LogP contribution < -0.4 is 5.32 Å². The third kappa shape index (κ3) is 2.50. The van der Waals surface area contributed by atoms with Gasteiger partial charge in [-0.3, -0.25) is 0 Å². The van der Waals surface area contributed by atoms with Crippen LogP contribution in [0, 0.1) is 6.92 Å². The predicted octanol–water partition coefficient (Wildman–Crippen LogP) is 2.35. The van der Waals surface area contributed by atoms with Gasteiger partial charge in [0.05, 0.1) is 16.8 Å². The Morgan fingerprint density at radius 3 is 3.18 bits per heavy atom. The first-order chi connectivity index (χ1) is 10.8. The predicted molar refractivity (Wildman–Crippen MR) is 82.2 cm³/mol. The Kier molecular flexibility index (Phi) is 3.38. The van der Waals surface area contributed by atoms with Gasteiger partial charge in [-0.25, -0.2) is 9.97 Å². The molecule has 0 aliphatic carbocycles. The molecule has 0 bridgehead atoms. The summed E-state index contributed by atoms with van der Waals surface area (Å²) < 4.78 is 7.42. The van der Waals surface area contributed by atoms with Gasteiger partial charge in [-0.05, 0) is 31.4 Å². The average Bonchev–Trinajstić information content (AvgIpc) is 3.11. The molecule has 6 heteroatoms. The van der Waals surface area contributed by atoms with Crippen molar-refractivity contribution < 1.29 is 4.52 Å². The molecule has 0 saturated heterocycles. The van der Waals surface area contributed by atoms with Crippen LogP contribution in [0.1, 0.15) is 35.6 Å². The zero-order valence-corrected chi connectivity index (χ0v) is 12.7.